The molecule has 0 aliphatic carbocycles. The minimum absolute atomic E-state index is 0.682. The molecule has 96 valence electrons. The fraction of sp³-hybridized carbons (Fsp3) is 0. The Balaban J connectivity index is 2.00. The Morgan fingerprint density at radius 3 is 2.80 bits per heavy atom. The molecule has 4 aromatic rings. The van der Waals surface area contributed by atoms with E-state index in [1.807, 2.05) is 42.5 Å². The zero-order chi connectivity index (χ0) is 13.5. The van der Waals surface area contributed by atoms with Crippen LogP contribution in [0.25, 0.3) is 27.6 Å². The zero-order valence-corrected chi connectivity index (χ0v) is 11.1. The van der Waals surface area contributed by atoms with Crippen LogP contribution in [0.3, 0.4) is 0 Å². The molecule has 0 saturated carbocycles. The molecule has 0 spiro atoms. The number of hydrogen-bond acceptors (Lipinski definition) is 3. The zero-order valence-electron chi connectivity index (χ0n) is 10.4. The smallest absolute Gasteiger partial charge is 0.113 e. The second kappa shape index (κ2) is 4.28. The van der Waals surface area contributed by atoms with E-state index in [9.17, 15) is 0 Å². The highest BCUT2D eigenvalue weighted by Crippen LogP contribution is 2.25. The minimum atomic E-state index is 0.682. The lowest BCUT2D eigenvalue weighted by Gasteiger charge is -2.05. The summed E-state index contributed by atoms with van der Waals surface area (Å²) >= 11 is 6.22. The molecule has 2 heterocycles. The van der Waals surface area contributed by atoms with E-state index in [0.717, 1.165) is 27.6 Å². The van der Waals surface area contributed by atoms with Crippen molar-refractivity contribution >= 4 is 33.5 Å². The number of benzene rings is 2. The van der Waals surface area contributed by atoms with Crippen LogP contribution in [0.2, 0.25) is 5.02 Å². The molecule has 0 fully saturated rings. The normalized spacial score (nSPS) is 11.2. The molecule has 5 heteroatoms. The number of para-hydroxylation sites is 1. The van der Waals surface area contributed by atoms with Crippen molar-refractivity contribution in [3.8, 4) is 5.69 Å². The summed E-state index contributed by atoms with van der Waals surface area (Å²) < 4.78 is 1.80. The minimum Gasteiger partial charge on any atom is -0.256 e. The van der Waals surface area contributed by atoms with Crippen LogP contribution in [-0.4, -0.2) is 20.0 Å². The molecular weight excluding hydrogens is 272 g/mol. The molecule has 4 rings (SSSR count). The van der Waals surface area contributed by atoms with Crippen LogP contribution in [-0.2, 0) is 0 Å². The van der Waals surface area contributed by atoms with Crippen LogP contribution in [0.1, 0.15) is 0 Å². The number of nitrogens with zero attached hydrogens (tertiary/aromatic N) is 4. The topological polar surface area (TPSA) is 43.6 Å². The molecule has 2 aromatic carbocycles. The van der Waals surface area contributed by atoms with Crippen LogP contribution in [0.5, 0.6) is 0 Å². The van der Waals surface area contributed by atoms with Crippen LogP contribution in [0, 0.1) is 0 Å². The fourth-order valence-electron chi connectivity index (χ4n) is 2.29. The summed E-state index contributed by atoms with van der Waals surface area (Å²) in [5.74, 6) is 0. The van der Waals surface area contributed by atoms with E-state index in [2.05, 4.69) is 15.3 Å². The van der Waals surface area contributed by atoms with Crippen LogP contribution < -0.4 is 0 Å². The van der Waals surface area contributed by atoms with Gasteiger partial charge in [0.25, 0.3) is 0 Å². The Labute approximate surface area is 119 Å². The highest BCUT2D eigenvalue weighted by Gasteiger charge is 2.07. The van der Waals surface area contributed by atoms with E-state index < -0.39 is 0 Å². The molecule has 0 aliphatic rings. The van der Waals surface area contributed by atoms with Crippen LogP contribution >= 0.6 is 11.6 Å². The van der Waals surface area contributed by atoms with E-state index in [4.69, 9.17) is 11.6 Å². The molecule has 0 unspecified atom stereocenters. The number of aromatic nitrogens is 4. The van der Waals surface area contributed by atoms with Gasteiger partial charge in [-0.3, -0.25) is 4.98 Å². The average molecular weight is 281 g/mol. The summed E-state index contributed by atoms with van der Waals surface area (Å²) in [6.07, 6.45) is 1.70. The summed E-state index contributed by atoms with van der Waals surface area (Å²) in [5.41, 5.74) is 3.61. The van der Waals surface area contributed by atoms with Gasteiger partial charge in [-0.25, -0.2) is 4.68 Å². The third kappa shape index (κ3) is 1.66. The molecule has 0 N–H and O–H groups in total. The largest absolute Gasteiger partial charge is 0.256 e. The maximum Gasteiger partial charge on any atom is 0.113 e. The third-order valence-corrected chi connectivity index (χ3v) is 3.60. The lowest BCUT2D eigenvalue weighted by molar-refractivity contribution is 0.825. The monoisotopic (exact) mass is 280 g/mol. The van der Waals surface area contributed by atoms with Gasteiger partial charge in [0, 0.05) is 11.6 Å². The van der Waals surface area contributed by atoms with Crippen molar-refractivity contribution in [3.05, 3.63) is 59.8 Å². The lowest BCUT2D eigenvalue weighted by Crippen LogP contribution is -1.96. The maximum absolute atomic E-state index is 6.22. The third-order valence-electron chi connectivity index (χ3n) is 3.27. The molecule has 2 aromatic heterocycles. The Kier molecular flexibility index (Phi) is 2.44. The first-order valence-corrected chi connectivity index (χ1v) is 6.56. The number of halogens is 1. The Bertz CT molecular complexity index is 929. The molecule has 0 amide bonds. The van der Waals surface area contributed by atoms with Gasteiger partial charge in [0.2, 0.25) is 0 Å². The number of rotatable bonds is 1. The van der Waals surface area contributed by atoms with Gasteiger partial charge >= 0.3 is 0 Å². The molecule has 0 atom stereocenters. The Morgan fingerprint density at radius 1 is 0.950 bits per heavy atom. The summed E-state index contributed by atoms with van der Waals surface area (Å²) in [6, 6.07) is 15.5. The van der Waals surface area contributed by atoms with E-state index in [0.29, 0.717) is 5.02 Å². The van der Waals surface area contributed by atoms with Crippen molar-refractivity contribution in [2.75, 3.05) is 0 Å². The molecule has 0 saturated heterocycles. The highest BCUT2D eigenvalue weighted by molar-refractivity contribution is 6.35. The second-order valence-corrected chi connectivity index (χ2v) is 4.89. The Morgan fingerprint density at radius 2 is 1.85 bits per heavy atom. The number of pyridine rings is 1. The summed E-state index contributed by atoms with van der Waals surface area (Å²) in [5, 5.41) is 9.96. The van der Waals surface area contributed by atoms with Crippen molar-refractivity contribution in [2.45, 2.75) is 0 Å². The fourth-order valence-corrected chi connectivity index (χ4v) is 2.50. The summed E-state index contributed by atoms with van der Waals surface area (Å²) in [7, 11) is 0. The van der Waals surface area contributed by atoms with E-state index in [1.165, 1.54) is 0 Å². The van der Waals surface area contributed by atoms with Gasteiger partial charge in [-0.2, -0.15) is 0 Å². The maximum atomic E-state index is 6.22. The van der Waals surface area contributed by atoms with Gasteiger partial charge in [0.05, 0.1) is 21.7 Å². The van der Waals surface area contributed by atoms with Gasteiger partial charge in [-0.05, 0) is 36.4 Å². The van der Waals surface area contributed by atoms with Crippen molar-refractivity contribution in [3.63, 3.8) is 0 Å². The molecule has 0 bridgehead atoms. The van der Waals surface area contributed by atoms with Crippen LogP contribution in [0.15, 0.2) is 54.7 Å². The quantitative estimate of drug-likeness (QED) is 0.535. The average Bonchev–Trinajstić information content (AvgIpc) is 2.91. The molecule has 4 nitrogen and oxygen atoms in total. The lowest BCUT2D eigenvalue weighted by atomic mass is 10.2. The van der Waals surface area contributed by atoms with Crippen molar-refractivity contribution in [1.29, 1.82) is 0 Å². The van der Waals surface area contributed by atoms with Crippen LogP contribution in [0.4, 0.5) is 0 Å². The van der Waals surface area contributed by atoms with Gasteiger partial charge in [0.15, 0.2) is 0 Å². The highest BCUT2D eigenvalue weighted by atomic mass is 35.5. The van der Waals surface area contributed by atoms with Gasteiger partial charge in [0.1, 0.15) is 5.52 Å². The first-order valence-electron chi connectivity index (χ1n) is 6.18. The Hall–Kier alpha value is -2.46. The van der Waals surface area contributed by atoms with Gasteiger partial charge in [-0.15, -0.1) is 5.10 Å². The SMILES string of the molecule is Clc1ccnc2ccc(-n3nnc4ccccc43)cc12. The summed E-state index contributed by atoms with van der Waals surface area (Å²) in [6.45, 7) is 0. The number of fused-ring (bicyclic) bond motifs is 2. The van der Waals surface area contributed by atoms with Gasteiger partial charge in [-0.1, -0.05) is 28.9 Å². The summed E-state index contributed by atoms with van der Waals surface area (Å²) in [4.78, 5) is 4.30. The standard InChI is InChI=1S/C15H9ClN4/c16-12-7-8-17-13-6-5-10(9-11(12)13)20-15-4-2-1-3-14(15)18-19-20/h1-9H. The van der Waals surface area contributed by atoms with E-state index >= 15 is 0 Å². The first-order chi connectivity index (χ1) is 9.83. The predicted molar refractivity (Wildman–Crippen MR) is 79.2 cm³/mol. The van der Waals surface area contributed by atoms with Crippen molar-refractivity contribution in [2.24, 2.45) is 0 Å². The van der Waals surface area contributed by atoms with Crippen molar-refractivity contribution < 1.29 is 0 Å². The molecular formula is C15H9ClN4. The second-order valence-electron chi connectivity index (χ2n) is 4.48. The van der Waals surface area contributed by atoms with Gasteiger partial charge < -0.3 is 0 Å². The van der Waals surface area contributed by atoms with E-state index in [1.54, 1.807) is 16.9 Å². The number of hydrogen-bond donors (Lipinski definition) is 0. The van der Waals surface area contributed by atoms with E-state index in [-0.39, 0.29) is 0 Å². The molecule has 20 heavy (non-hydrogen) atoms. The molecule has 0 radical (unpaired) electrons. The van der Waals surface area contributed by atoms with Crippen molar-refractivity contribution in [1.82, 2.24) is 20.0 Å². The predicted octanol–water partition coefficient (Wildman–Crippen LogP) is 3.62. The molecule has 0 aliphatic heterocycles. The first kappa shape index (κ1) is 11.4.